The molecule has 2 aliphatic carbocycles. The van der Waals surface area contributed by atoms with Crippen molar-refractivity contribution in [1.29, 1.82) is 0 Å². The molecule has 1 aromatic rings. The number of benzene rings is 1. The highest BCUT2D eigenvalue weighted by Crippen LogP contribution is 2.47. The van der Waals surface area contributed by atoms with Crippen molar-refractivity contribution in [3.63, 3.8) is 0 Å². The maximum atomic E-state index is 12.2. The third-order valence-corrected chi connectivity index (χ3v) is 4.03. The van der Waals surface area contributed by atoms with Crippen LogP contribution in [0.15, 0.2) is 18.2 Å². The molecule has 1 aromatic carbocycles. The molecule has 0 aromatic heterocycles. The van der Waals surface area contributed by atoms with Crippen molar-refractivity contribution in [1.82, 2.24) is 0 Å². The molecule has 1 saturated carbocycles. The maximum Gasteiger partial charge on any atom is 0.166 e. The molecule has 0 radical (unpaired) electrons. The average Bonchev–Trinajstić information content (AvgIpc) is 2.64. The fourth-order valence-corrected chi connectivity index (χ4v) is 3.22. The van der Waals surface area contributed by atoms with Gasteiger partial charge in [0.05, 0.1) is 7.11 Å². The fourth-order valence-electron chi connectivity index (χ4n) is 3.22. The molecule has 0 saturated heterocycles. The second-order valence-corrected chi connectivity index (χ2v) is 4.81. The number of hydrogen-bond acceptors (Lipinski definition) is 2. The van der Waals surface area contributed by atoms with Gasteiger partial charge in [-0.2, -0.15) is 0 Å². The molecule has 16 heavy (non-hydrogen) atoms. The van der Waals surface area contributed by atoms with Crippen LogP contribution in [-0.2, 0) is 0 Å². The summed E-state index contributed by atoms with van der Waals surface area (Å²) in [7, 11) is 1.68. The number of hydrogen-bond donors (Lipinski definition) is 0. The van der Waals surface area contributed by atoms with Gasteiger partial charge in [0.1, 0.15) is 5.75 Å². The van der Waals surface area contributed by atoms with Crippen LogP contribution in [0.4, 0.5) is 0 Å². The molecule has 2 nitrogen and oxygen atoms in total. The van der Waals surface area contributed by atoms with E-state index in [1.54, 1.807) is 7.11 Å². The van der Waals surface area contributed by atoms with Crippen LogP contribution in [-0.4, -0.2) is 12.9 Å². The highest BCUT2D eigenvalue weighted by Gasteiger charge is 2.40. The van der Waals surface area contributed by atoms with Gasteiger partial charge >= 0.3 is 0 Å². The standard InChI is InChI=1S/C14H16O2/c1-16-9-6-7-12-13(8-9)10-4-2-3-5-11(10)14(12)15/h6-8,10-11H,2-5H2,1H3/t10-,11+/m0/s1. The first kappa shape index (κ1) is 9.88. The monoisotopic (exact) mass is 216 g/mol. The predicted octanol–water partition coefficient (Wildman–Crippen LogP) is 3.17. The average molecular weight is 216 g/mol. The topological polar surface area (TPSA) is 26.3 Å². The van der Waals surface area contributed by atoms with E-state index in [1.165, 1.54) is 18.4 Å². The Labute approximate surface area is 95.6 Å². The number of Topliss-reactive ketones (excluding diaryl/α,β-unsaturated/α-hetero) is 1. The SMILES string of the molecule is COc1ccc2c(c1)[C@H]1CCCC[C@H]1C2=O. The Morgan fingerprint density at radius 3 is 2.69 bits per heavy atom. The molecule has 1 fully saturated rings. The maximum absolute atomic E-state index is 12.2. The van der Waals surface area contributed by atoms with Gasteiger partial charge in [-0.1, -0.05) is 12.8 Å². The fraction of sp³-hybridized carbons (Fsp3) is 0.500. The molecule has 84 valence electrons. The van der Waals surface area contributed by atoms with Crippen LogP contribution in [0.2, 0.25) is 0 Å². The van der Waals surface area contributed by atoms with Gasteiger partial charge < -0.3 is 4.74 Å². The number of methoxy groups -OCH3 is 1. The largest absolute Gasteiger partial charge is 0.497 e. The summed E-state index contributed by atoms with van der Waals surface area (Å²) < 4.78 is 5.24. The van der Waals surface area contributed by atoms with Gasteiger partial charge in [-0.25, -0.2) is 0 Å². The molecule has 0 bridgehead atoms. The van der Waals surface area contributed by atoms with Crippen molar-refractivity contribution in [2.75, 3.05) is 7.11 Å². The Morgan fingerprint density at radius 1 is 1.19 bits per heavy atom. The molecule has 0 amide bonds. The van der Waals surface area contributed by atoms with Crippen molar-refractivity contribution in [2.24, 2.45) is 5.92 Å². The van der Waals surface area contributed by atoms with E-state index < -0.39 is 0 Å². The summed E-state index contributed by atoms with van der Waals surface area (Å²) >= 11 is 0. The minimum atomic E-state index is 0.260. The summed E-state index contributed by atoms with van der Waals surface area (Å²) in [6.45, 7) is 0. The third kappa shape index (κ3) is 1.29. The molecule has 0 spiro atoms. The lowest BCUT2D eigenvalue weighted by Crippen LogP contribution is -2.17. The highest BCUT2D eigenvalue weighted by atomic mass is 16.5. The zero-order valence-corrected chi connectivity index (χ0v) is 9.53. The van der Waals surface area contributed by atoms with Crippen molar-refractivity contribution < 1.29 is 9.53 Å². The van der Waals surface area contributed by atoms with Crippen molar-refractivity contribution >= 4 is 5.78 Å². The van der Waals surface area contributed by atoms with Crippen LogP contribution in [0.5, 0.6) is 5.75 Å². The second-order valence-electron chi connectivity index (χ2n) is 4.81. The molecular formula is C14H16O2. The Balaban J connectivity index is 2.07. The van der Waals surface area contributed by atoms with Crippen LogP contribution in [0.3, 0.4) is 0 Å². The zero-order valence-electron chi connectivity index (χ0n) is 9.53. The number of carbonyl (C=O) groups excluding carboxylic acids is 1. The lowest BCUT2D eigenvalue weighted by atomic mass is 9.79. The van der Waals surface area contributed by atoms with Gasteiger partial charge in [0, 0.05) is 11.5 Å². The molecule has 2 atom stereocenters. The molecule has 0 unspecified atom stereocenters. The van der Waals surface area contributed by atoms with Gasteiger partial charge in [0.15, 0.2) is 5.78 Å². The predicted molar refractivity (Wildman–Crippen MR) is 62.0 cm³/mol. The lowest BCUT2D eigenvalue weighted by molar-refractivity contribution is 0.0898. The van der Waals surface area contributed by atoms with Crippen LogP contribution in [0.1, 0.15) is 47.5 Å². The molecule has 2 aliphatic rings. The Morgan fingerprint density at radius 2 is 1.94 bits per heavy atom. The van der Waals surface area contributed by atoms with Gasteiger partial charge in [0.25, 0.3) is 0 Å². The number of carbonyl (C=O) groups is 1. The number of ketones is 1. The van der Waals surface area contributed by atoms with E-state index in [9.17, 15) is 4.79 Å². The van der Waals surface area contributed by atoms with Crippen LogP contribution >= 0.6 is 0 Å². The van der Waals surface area contributed by atoms with E-state index in [1.807, 2.05) is 12.1 Å². The van der Waals surface area contributed by atoms with E-state index in [-0.39, 0.29) is 5.92 Å². The number of fused-ring (bicyclic) bond motifs is 3. The van der Waals surface area contributed by atoms with Crippen LogP contribution < -0.4 is 4.74 Å². The van der Waals surface area contributed by atoms with Crippen LogP contribution in [0, 0.1) is 5.92 Å². The Hall–Kier alpha value is -1.31. The number of ether oxygens (including phenoxy) is 1. The normalized spacial score (nSPS) is 27.4. The van der Waals surface area contributed by atoms with Crippen LogP contribution in [0.25, 0.3) is 0 Å². The second kappa shape index (κ2) is 3.62. The van der Waals surface area contributed by atoms with Crippen molar-refractivity contribution in [2.45, 2.75) is 31.6 Å². The molecule has 0 N–H and O–H groups in total. The molecule has 0 aliphatic heterocycles. The van der Waals surface area contributed by atoms with Crippen molar-refractivity contribution in [3.8, 4) is 5.75 Å². The van der Waals surface area contributed by atoms with Gasteiger partial charge in [-0.15, -0.1) is 0 Å². The lowest BCUT2D eigenvalue weighted by Gasteiger charge is -2.24. The summed E-state index contributed by atoms with van der Waals surface area (Å²) in [6, 6.07) is 5.89. The first-order valence-electron chi connectivity index (χ1n) is 6.03. The third-order valence-electron chi connectivity index (χ3n) is 4.03. The summed E-state index contributed by atoms with van der Waals surface area (Å²) in [6.07, 6.45) is 4.69. The van der Waals surface area contributed by atoms with Gasteiger partial charge in [0.2, 0.25) is 0 Å². The minimum absolute atomic E-state index is 0.260. The van der Waals surface area contributed by atoms with E-state index >= 15 is 0 Å². The summed E-state index contributed by atoms with van der Waals surface area (Å²) in [5.41, 5.74) is 2.17. The quantitative estimate of drug-likeness (QED) is 0.720. The van der Waals surface area contributed by atoms with E-state index in [2.05, 4.69) is 6.07 Å². The number of rotatable bonds is 1. The zero-order chi connectivity index (χ0) is 11.1. The van der Waals surface area contributed by atoms with Gasteiger partial charge in [-0.05, 0) is 42.5 Å². The first-order valence-corrected chi connectivity index (χ1v) is 6.03. The Kier molecular flexibility index (Phi) is 2.23. The minimum Gasteiger partial charge on any atom is -0.497 e. The molecule has 3 rings (SSSR count). The molecule has 0 heterocycles. The molecule has 2 heteroatoms. The summed E-state index contributed by atoms with van der Waals surface area (Å²) in [4.78, 5) is 12.2. The summed E-state index contributed by atoms with van der Waals surface area (Å²) in [5, 5.41) is 0. The smallest absolute Gasteiger partial charge is 0.166 e. The van der Waals surface area contributed by atoms with Crippen molar-refractivity contribution in [3.05, 3.63) is 29.3 Å². The Bertz CT molecular complexity index is 436. The first-order chi connectivity index (χ1) is 7.81. The van der Waals surface area contributed by atoms with E-state index in [0.717, 1.165) is 24.2 Å². The summed E-state index contributed by atoms with van der Waals surface area (Å²) in [5.74, 6) is 1.96. The molecular weight excluding hydrogens is 200 g/mol. The van der Waals surface area contributed by atoms with E-state index in [4.69, 9.17) is 4.74 Å². The highest BCUT2D eigenvalue weighted by molar-refractivity contribution is 6.03. The van der Waals surface area contributed by atoms with E-state index in [0.29, 0.717) is 11.7 Å². The van der Waals surface area contributed by atoms with Gasteiger partial charge in [-0.3, -0.25) is 4.79 Å².